The molecule has 0 radical (unpaired) electrons. The minimum Gasteiger partial charge on any atom is -0.339 e. The third-order valence-corrected chi connectivity index (χ3v) is 3.53. The molecular formula is C16H19BrN4O. The smallest absolute Gasteiger partial charge is 0.230 e. The zero-order chi connectivity index (χ0) is 16.3. The van der Waals surface area contributed by atoms with Gasteiger partial charge >= 0.3 is 0 Å². The summed E-state index contributed by atoms with van der Waals surface area (Å²) in [5.74, 6) is 0.975. The van der Waals surface area contributed by atoms with Crippen molar-refractivity contribution < 1.29 is 4.79 Å². The SMILES string of the molecule is Cc1cc(Br)ccc1Nc1ccc(NC(=O)C(C)(C)C)nn1. The molecule has 0 spiro atoms. The predicted molar refractivity (Wildman–Crippen MR) is 92.3 cm³/mol. The molecular weight excluding hydrogens is 344 g/mol. The van der Waals surface area contributed by atoms with Crippen LogP contribution in [-0.2, 0) is 4.79 Å². The van der Waals surface area contributed by atoms with Gasteiger partial charge in [0.15, 0.2) is 11.6 Å². The van der Waals surface area contributed by atoms with Crippen LogP contribution in [0.25, 0.3) is 0 Å². The van der Waals surface area contributed by atoms with Crippen molar-refractivity contribution in [3.8, 4) is 0 Å². The van der Waals surface area contributed by atoms with Crippen LogP contribution in [0.15, 0.2) is 34.8 Å². The molecule has 5 nitrogen and oxygen atoms in total. The number of carbonyl (C=O) groups is 1. The number of aromatic nitrogens is 2. The monoisotopic (exact) mass is 362 g/mol. The van der Waals surface area contributed by atoms with Gasteiger partial charge < -0.3 is 10.6 Å². The summed E-state index contributed by atoms with van der Waals surface area (Å²) in [6, 6.07) is 9.46. The first-order valence-electron chi connectivity index (χ1n) is 6.94. The minimum absolute atomic E-state index is 0.0914. The Morgan fingerprint density at radius 3 is 2.27 bits per heavy atom. The lowest BCUT2D eigenvalue weighted by Crippen LogP contribution is -2.28. The van der Waals surface area contributed by atoms with Gasteiger partial charge in [-0.05, 0) is 42.8 Å². The van der Waals surface area contributed by atoms with Crippen LogP contribution in [0.2, 0.25) is 0 Å². The van der Waals surface area contributed by atoms with E-state index in [1.54, 1.807) is 12.1 Å². The highest BCUT2D eigenvalue weighted by atomic mass is 79.9. The van der Waals surface area contributed by atoms with Crippen LogP contribution in [0.1, 0.15) is 26.3 Å². The molecule has 6 heteroatoms. The number of amides is 1. The molecule has 2 aromatic rings. The maximum Gasteiger partial charge on any atom is 0.230 e. The molecule has 0 aliphatic rings. The fourth-order valence-corrected chi connectivity index (χ4v) is 2.15. The van der Waals surface area contributed by atoms with Crippen LogP contribution in [0.5, 0.6) is 0 Å². The second-order valence-corrected chi connectivity index (χ2v) is 7.01. The molecule has 0 saturated heterocycles. The van der Waals surface area contributed by atoms with Gasteiger partial charge in [0.25, 0.3) is 0 Å². The molecule has 1 aromatic carbocycles. The van der Waals surface area contributed by atoms with Gasteiger partial charge in [0.2, 0.25) is 5.91 Å². The number of aryl methyl sites for hydroxylation is 1. The maximum atomic E-state index is 11.9. The third-order valence-electron chi connectivity index (χ3n) is 3.04. The van der Waals surface area contributed by atoms with Crippen molar-refractivity contribution in [2.75, 3.05) is 10.6 Å². The third kappa shape index (κ3) is 4.27. The van der Waals surface area contributed by atoms with E-state index in [1.807, 2.05) is 45.9 Å². The van der Waals surface area contributed by atoms with E-state index in [0.717, 1.165) is 15.7 Å². The van der Waals surface area contributed by atoms with Crippen molar-refractivity contribution in [2.24, 2.45) is 5.41 Å². The van der Waals surface area contributed by atoms with E-state index in [4.69, 9.17) is 0 Å². The fraction of sp³-hybridized carbons (Fsp3) is 0.312. The van der Waals surface area contributed by atoms with Gasteiger partial charge in [-0.25, -0.2) is 0 Å². The predicted octanol–water partition coefficient (Wildman–Crippen LogP) is 4.28. The van der Waals surface area contributed by atoms with Gasteiger partial charge in [0.05, 0.1) is 0 Å². The quantitative estimate of drug-likeness (QED) is 0.854. The zero-order valence-corrected chi connectivity index (χ0v) is 14.7. The zero-order valence-electron chi connectivity index (χ0n) is 13.1. The molecule has 0 saturated carbocycles. The van der Waals surface area contributed by atoms with E-state index >= 15 is 0 Å². The summed E-state index contributed by atoms with van der Waals surface area (Å²) >= 11 is 3.43. The molecule has 0 bridgehead atoms. The molecule has 1 amide bonds. The van der Waals surface area contributed by atoms with Gasteiger partial charge in [-0.15, -0.1) is 10.2 Å². The van der Waals surface area contributed by atoms with Crippen LogP contribution in [0, 0.1) is 12.3 Å². The molecule has 0 unspecified atom stereocenters. The topological polar surface area (TPSA) is 66.9 Å². The molecule has 0 fully saturated rings. The number of carbonyl (C=O) groups excluding carboxylic acids is 1. The van der Waals surface area contributed by atoms with Crippen molar-refractivity contribution in [3.05, 3.63) is 40.4 Å². The summed E-state index contributed by atoms with van der Waals surface area (Å²) in [5, 5.41) is 14.1. The molecule has 0 atom stereocenters. The molecule has 1 aromatic heterocycles. The normalized spacial score (nSPS) is 11.1. The lowest BCUT2D eigenvalue weighted by molar-refractivity contribution is -0.123. The Kier molecular flexibility index (Phi) is 4.81. The highest BCUT2D eigenvalue weighted by Crippen LogP contribution is 2.23. The standard InChI is InChI=1S/C16H19BrN4O/c1-10-9-11(17)5-6-12(10)18-13-7-8-14(21-20-13)19-15(22)16(2,3)4/h5-9H,1-4H3,(H,18,20)(H,19,21,22). The Bertz CT molecular complexity index is 678. The van der Waals surface area contributed by atoms with Crippen LogP contribution in [0.4, 0.5) is 17.3 Å². The molecule has 22 heavy (non-hydrogen) atoms. The van der Waals surface area contributed by atoms with E-state index in [9.17, 15) is 4.79 Å². The number of nitrogens with one attached hydrogen (secondary N) is 2. The van der Waals surface area contributed by atoms with Crippen molar-refractivity contribution >= 4 is 39.2 Å². The number of hydrogen-bond donors (Lipinski definition) is 2. The Morgan fingerprint density at radius 2 is 1.73 bits per heavy atom. The number of halogens is 1. The Morgan fingerprint density at radius 1 is 1.09 bits per heavy atom. The van der Waals surface area contributed by atoms with Gasteiger partial charge in [-0.2, -0.15) is 0 Å². The van der Waals surface area contributed by atoms with Gasteiger partial charge in [0, 0.05) is 15.6 Å². The van der Waals surface area contributed by atoms with Gasteiger partial charge in [-0.3, -0.25) is 4.79 Å². The Balaban J connectivity index is 2.07. The average molecular weight is 363 g/mol. The molecule has 116 valence electrons. The van der Waals surface area contributed by atoms with E-state index in [1.165, 1.54) is 0 Å². The maximum absolute atomic E-state index is 11.9. The number of anilines is 3. The Hall–Kier alpha value is -1.95. The first kappa shape index (κ1) is 16.4. The van der Waals surface area contributed by atoms with Gasteiger partial charge in [-0.1, -0.05) is 36.7 Å². The van der Waals surface area contributed by atoms with Crippen molar-refractivity contribution in [1.82, 2.24) is 10.2 Å². The second-order valence-electron chi connectivity index (χ2n) is 6.09. The van der Waals surface area contributed by atoms with Crippen molar-refractivity contribution in [1.29, 1.82) is 0 Å². The van der Waals surface area contributed by atoms with Crippen LogP contribution in [0.3, 0.4) is 0 Å². The van der Waals surface area contributed by atoms with E-state index in [0.29, 0.717) is 11.6 Å². The molecule has 0 aliphatic heterocycles. The average Bonchev–Trinajstić information content (AvgIpc) is 2.43. The summed E-state index contributed by atoms with van der Waals surface area (Å²) in [6.45, 7) is 7.56. The number of hydrogen-bond acceptors (Lipinski definition) is 4. The molecule has 2 N–H and O–H groups in total. The fourth-order valence-electron chi connectivity index (χ4n) is 1.67. The van der Waals surface area contributed by atoms with E-state index in [-0.39, 0.29) is 5.91 Å². The lowest BCUT2D eigenvalue weighted by atomic mass is 9.96. The highest BCUT2D eigenvalue weighted by Gasteiger charge is 2.21. The van der Waals surface area contributed by atoms with Crippen molar-refractivity contribution in [2.45, 2.75) is 27.7 Å². The summed E-state index contributed by atoms with van der Waals surface area (Å²) in [4.78, 5) is 11.9. The molecule has 2 rings (SSSR count). The number of rotatable bonds is 3. The summed E-state index contributed by atoms with van der Waals surface area (Å²) < 4.78 is 1.03. The highest BCUT2D eigenvalue weighted by molar-refractivity contribution is 9.10. The largest absolute Gasteiger partial charge is 0.339 e. The first-order chi connectivity index (χ1) is 10.3. The first-order valence-corrected chi connectivity index (χ1v) is 7.73. The van der Waals surface area contributed by atoms with E-state index in [2.05, 4.69) is 36.8 Å². The second kappa shape index (κ2) is 6.44. The number of benzene rings is 1. The number of nitrogens with zero attached hydrogens (tertiary/aromatic N) is 2. The Labute approximate surface area is 138 Å². The van der Waals surface area contributed by atoms with E-state index < -0.39 is 5.41 Å². The van der Waals surface area contributed by atoms with Crippen molar-refractivity contribution in [3.63, 3.8) is 0 Å². The molecule has 1 heterocycles. The van der Waals surface area contributed by atoms with Crippen LogP contribution >= 0.6 is 15.9 Å². The minimum atomic E-state index is -0.465. The summed E-state index contributed by atoms with van der Waals surface area (Å²) in [5.41, 5.74) is 1.60. The lowest BCUT2D eigenvalue weighted by Gasteiger charge is -2.17. The van der Waals surface area contributed by atoms with Crippen LogP contribution in [-0.4, -0.2) is 16.1 Å². The summed E-state index contributed by atoms with van der Waals surface area (Å²) in [6.07, 6.45) is 0. The molecule has 0 aliphatic carbocycles. The summed E-state index contributed by atoms with van der Waals surface area (Å²) in [7, 11) is 0. The van der Waals surface area contributed by atoms with Gasteiger partial charge in [0.1, 0.15) is 0 Å². The van der Waals surface area contributed by atoms with Crippen LogP contribution < -0.4 is 10.6 Å².